The van der Waals surface area contributed by atoms with Crippen molar-refractivity contribution < 1.29 is 9.90 Å². The second-order valence-electron chi connectivity index (χ2n) is 4.46. The first kappa shape index (κ1) is 11.0. The number of aromatic carboxylic acids is 1. The molecule has 1 aromatic carbocycles. The molecule has 2 N–H and O–H groups in total. The maximum Gasteiger partial charge on any atom is 0.335 e. The van der Waals surface area contributed by atoms with E-state index < -0.39 is 5.97 Å². The molecular formula is C13H17NO2. The van der Waals surface area contributed by atoms with E-state index in [0.29, 0.717) is 11.6 Å². The molecule has 3 heteroatoms. The predicted molar refractivity (Wildman–Crippen MR) is 64.0 cm³/mol. The van der Waals surface area contributed by atoms with Crippen molar-refractivity contribution in [2.75, 3.05) is 5.32 Å². The van der Waals surface area contributed by atoms with Crippen LogP contribution in [0.4, 0.5) is 5.69 Å². The fourth-order valence-electron chi connectivity index (χ4n) is 2.30. The maximum absolute atomic E-state index is 10.9. The van der Waals surface area contributed by atoms with Gasteiger partial charge in [-0.3, -0.25) is 0 Å². The number of anilines is 1. The highest BCUT2D eigenvalue weighted by Crippen LogP contribution is 2.23. The molecule has 3 nitrogen and oxygen atoms in total. The van der Waals surface area contributed by atoms with Gasteiger partial charge >= 0.3 is 5.97 Å². The molecule has 2 rings (SSSR count). The Labute approximate surface area is 95.5 Å². The van der Waals surface area contributed by atoms with Gasteiger partial charge in [0.15, 0.2) is 0 Å². The van der Waals surface area contributed by atoms with Crippen molar-refractivity contribution in [1.29, 1.82) is 0 Å². The molecule has 86 valence electrons. The minimum atomic E-state index is -0.857. The largest absolute Gasteiger partial charge is 0.478 e. The van der Waals surface area contributed by atoms with Gasteiger partial charge in [-0.1, -0.05) is 12.8 Å². The molecule has 0 spiro atoms. The van der Waals surface area contributed by atoms with E-state index in [1.165, 1.54) is 25.7 Å². The number of hydrogen-bond donors (Lipinski definition) is 2. The Morgan fingerprint density at radius 3 is 2.62 bits per heavy atom. The molecule has 0 aliphatic heterocycles. The van der Waals surface area contributed by atoms with Crippen molar-refractivity contribution >= 4 is 11.7 Å². The molecule has 1 saturated carbocycles. The van der Waals surface area contributed by atoms with Crippen LogP contribution in [0.2, 0.25) is 0 Å². The lowest BCUT2D eigenvalue weighted by atomic mass is 10.1. The standard InChI is InChI=1S/C13H17NO2/c1-9-8-11(6-7-12(9)13(15)16)14-10-4-2-3-5-10/h6-8,10,14H,2-5H2,1H3,(H,15,16). The van der Waals surface area contributed by atoms with Gasteiger partial charge in [-0.25, -0.2) is 4.79 Å². The lowest BCUT2D eigenvalue weighted by Gasteiger charge is -2.14. The van der Waals surface area contributed by atoms with Gasteiger partial charge in [-0.15, -0.1) is 0 Å². The van der Waals surface area contributed by atoms with E-state index in [1.54, 1.807) is 6.07 Å². The van der Waals surface area contributed by atoms with Crippen molar-refractivity contribution in [3.63, 3.8) is 0 Å². The maximum atomic E-state index is 10.9. The third-order valence-corrected chi connectivity index (χ3v) is 3.18. The van der Waals surface area contributed by atoms with Crippen LogP contribution in [-0.2, 0) is 0 Å². The van der Waals surface area contributed by atoms with Gasteiger partial charge in [0.2, 0.25) is 0 Å². The van der Waals surface area contributed by atoms with E-state index in [1.807, 2.05) is 19.1 Å². The first-order chi connectivity index (χ1) is 7.66. The molecule has 0 aromatic heterocycles. The highest BCUT2D eigenvalue weighted by Gasteiger charge is 2.15. The number of carbonyl (C=O) groups is 1. The molecule has 16 heavy (non-hydrogen) atoms. The van der Waals surface area contributed by atoms with Crippen LogP contribution in [0.5, 0.6) is 0 Å². The highest BCUT2D eigenvalue weighted by molar-refractivity contribution is 5.89. The molecule has 0 heterocycles. The molecule has 1 fully saturated rings. The van der Waals surface area contributed by atoms with Gasteiger partial charge in [-0.05, 0) is 43.5 Å². The third kappa shape index (κ3) is 2.35. The Bertz CT molecular complexity index is 395. The van der Waals surface area contributed by atoms with E-state index in [0.717, 1.165) is 11.3 Å². The minimum absolute atomic E-state index is 0.386. The predicted octanol–water partition coefficient (Wildman–Crippen LogP) is 3.05. The molecule has 1 aliphatic rings. The van der Waals surface area contributed by atoms with Crippen molar-refractivity contribution in [2.24, 2.45) is 0 Å². The molecule has 0 saturated heterocycles. The van der Waals surface area contributed by atoms with Crippen molar-refractivity contribution in [2.45, 2.75) is 38.6 Å². The fraction of sp³-hybridized carbons (Fsp3) is 0.462. The van der Waals surface area contributed by atoms with Gasteiger partial charge in [0.1, 0.15) is 0 Å². The summed E-state index contributed by atoms with van der Waals surface area (Å²) in [6, 6.07) is 6.01. The van der Waals surface area contributed by atoms with Crippen LogP contribution in [0.25, 0.3) is 0 Å². The SMILES string of the molecule is Cc1cc(NC2CCCC2)ccc1C(=O)O. The Balaban J connectivity index is 2.11. The molecule has 0 amide bonds. The van der Waals surface area contributed by atoms with E-state index in [4.69, 9.17) is 5.11 Å². The Hall–Kier alpha value is -1.51. The number of aryl methyl sites for hydroxylation is 1. The average molecular weight is 219 g/mol. The van der Waals surface area contributed by atoms with E-state index in [-0.39, 0.29) is 0 Å². The molecule has 0 unspecified atom stereocenters. The summed E-state index contributed by atoms with van der Waals surface area (Å²) in [4.78, 5) is 10.9. The summed E-state index contributed by atoms with van der Waals surface area (Å²) in [6.45, 7) is 1.84. The zero-order chi connectivity index (χ0) is 11.5. The first-order valence-electron chi connectivity index (χ1n) is 5.77. The summed E-state index contributed by atoms with van der Waals surface area (Å²) in [5, 5.41) is 12.4. The smallest absolute Gasteiger partial charge is 0.335 e. The van der Waals surface area contributed by atoms with Gasteiger partial charge in [0.05, 0.1) is 5.56 Å². The summed E-state index contributed by atoms with van der Waals surface area (Å²) < 4.78 is 0. The van der Waals surface area contributed by atoms with E-state index >= 15 is 0 Å². The molecule has 1 aromatic rings. The number of carboxylic acids is 1. The summed E-state index contributed by atoms with van der Waals surface area (Å²) in [5.41, 5.74) is 2.24. The minimum Gasteiger partial charge on any atom is -0.478 e. The normalized spacial score (nSPS) is 16.3. The monoisotopic (exact) mass is 219 g/mol. The molecular weight excluding hydrogens is 202 g/mol. The zero-order valence-electron chi connectivity index (χ0n) is 9.49. The van der Waals surface area contributed by atoms with Crippen LogP contribution in [0.15, 0.2) is 18.2 Å². The summed E-state index contributed by atoms with van der Waals surface area (Å²) in [7, 11) is 0. The van der Waals surface area contributed by atoms with Crippen LogP contribution in [0, 0.1) is 6.92 Å². The van der Waals surface area contributed by atoms with Crippen molar-refractivity contribution in [3.05, 3.63) is 29.3 Å². The lowest BCUT2D eigenvalue weighted by Crippen LogP contribution is -2.14. The van der Waals surface area contributed by atoms with Gasteiger partial charge in [0.25, 0.3) is 0 Å². The summed E-state index contributed by atoms with van der Waals surface area (Å²) in [5.74, 6) is -0.857. The van der Waals surface area contributed by atoms with Crippen LogP contribution in [0.3, 0.4) is 0 Å². The highest BCUT2D eigenvalue weighted by atomic mass is 16.4. The number of hydrogen-bond acceptors (Lipinski definition) is 2. The van der Waals surface area contributed by atoms with E-state index in [9.17, 15) is 4.79 Å². The summed E-state index contributed by atoms with van der Waals surface area (Å²) in [6.07, 6.45) is 5.03. The topological polar surface area (TPSA) is 49.3 Å². The van der Waals surface area contributed by atoms with Crippen molar-refractivity contribution in [3.8, 4) is 0 Å². The van der Waals surface area contributed by atoms with Crippen molar-refractivity contribution in [1.82, 2.24) is 0 Å². The van der Waals surface area contributed by atoms with E-state index in [2.05, 4.69) is 5.32 Å². The zero-order valence-corrected chi connectivity index (χ0v) is 9.49. The number of benzene rings is 1. The van der Waals surface area contributed by atoms with Crippen LogP contribution >= 0.6 is 0 Å². The lowest BCUT2D eigenvalue weighted by molar-refractivity contribution is 0.0696. The fourth-order valence-corrected chi connectivity index (χ4v) is 2.30. The third-order valence-electron chi connectivity index (χ3n) is 3.18. The Morgan fingerprint density at radius 2 is 2.06 bits per heavy atom. The second kappa shape index (κ2) is 4.56. The van der Waals surface area contributed by atoms with Crippen LogP contribution < -0.4 is 5.32 Å². The number of carboxylic acid groups (broad SMARTS) is 1. The quantitative estimate of drug-likeness (QED) is 0.821. The van der Waals surface area contributed by atoms with Gasteiger partial charge < -0.3 is 10.4 Å². The van der Waals surface area contributed by atoms with Crippen LogP contribution in [0.1, 0.15) is 41.6 Å². The molecule has 0 radical (unpaired) electrons. The average Bonchev–Trinajstić information content (AvgIpc) is 2.70. The first-order valence-corrected chi connectivity index (χ1v) is 5.77. The Morgan fingerprint density at radius 1 is 1.38 bits per heavy atom. The molecule has 0 bridgehead atoms. The van der Waals surface area contributed by atoms with Gasteiger partial charge in [-0.2, -0.15) is 0 Å². The Kier molecular flexibility index (Phi) is 3.13. The number of rotatable bonds is 3. The second-order valence-corrected chi connectivity index (χ2v) is 4.46. The molecule has 0 atom stereocenters. The van der Waals surface area contributed by atoms with Crippen LogP contribution in [-0.4, -0.2) is 17.1 Å². The molecule has 1 aliphatic carbocycles. The summed E-state index contributed by atoms with van der Waals surface area (Å²) >= 11 is 0. The van der Waals surface area contributed by atoms with Gasteiger partial charge in [0, 0.05) is 11.7 Å². The number of nitrogens with one attached hydrogen (secondary N) is 1.